The molecule has 0 aliphatic heterocycles. The molecule has 2 aromatic rings. The smallest absolute Gasteiger partial charge is 0.337 e. The van der Waals surface area contributed by atoms with Crippen molar-refractivity contribution in [2.24, 2.45) is 0 Å². The molecule has 0 aromatic heterocycles. The summed E-state index contributed by atoms with van der Waals surface area (Å²) in [5.41, 5.74) is 1.99. The van der Waals surface area contributed by atoms with Crippen LogP contribution in [0.2, 0.25) is 5.02 Å². The maximum atomic E-state index is 11.2. The molecular formula is C16H16ClNO2. The molecule has 1 unspecified atom stereocenters. The Morgan fingerprint density at radius 2 is 1.95 bits per heavy atom. The second-order valence-electron chi connectivity index (χ2n) is 4.69. The molecule has 104 valence electrons. The maximum Gasteiger partial charge on any atom is 0.337 e. The van der Waals surface area contributed by atoms with Crippen molar-refractivity contribution in [1.29, 1.82) is 0 Å². The molecule has 2 rings (SSSR count). The van der Waals surface area contributed by atoms with Crippen molar-refractivity contribution in [3.63, 3.8) is 0 Å². The van der Waals surface area contributed by atoms with Crippen LogP contribution in [0.1, 0.15) is 28.8 Å². The molecule has 0 aliphatic carbocycles. The number of rotatable bonds is 5. The van der Waals surface area contributed by atoms with E-state index in [9.17, 15) is 4.79 Å². The van der Waals surface area contributed by atoms with Crippen molar-refractivity contribution in [3.05, 3.63) is 64.7 Å². The van der Waals surface area contributed by atoms with Crippen LogP contribution in [-0.4, -0.2) is 17.6 Å². The van der Waals surface area contributed by atoms with Gasteiger partial charge in [-0.1, -0.05) is 48.9 Å². The third-order valence-electron chi connectivity index (χ3n) is 3.18. The lowest BCUT2D eigenvalue weighted by atomic mass is 10.0. The molecule has 4 heteroatoms. The molecule has 0 fully saturated rings. The van der Waals surface area contributed by atoms with Gasteiger partial charge in [0, 0.05) is 11.6 Å². The van der Waals surface area contributed by atoms with Crippen molar-refractivity contribution >= 4 is 23.3 Å². The Bertz CT molecular complexity index is 599. The van der Waals surface area contributed by atoms with Gasteiger partial charge in [0.05, 0.1) is 11.3 Å². The molecule has 20 heavy (non-hydrogen) atoms. The minimum absolute atomic E-state index is 0.231. The van der Waals surface area contributed by atoms with Gasteiger partial charge < -0.3 is 10.4 Å². The molecule has 0 radical (unpaired) electrons. The van der Waals surface area contributed by atoms with Crippen molar-refractivity contribution in [3.8, 4) is 0 Å². The Labute approximate surface area is 123 Å². The molecule has 1 atom stereocenters. The normalized spacial score (nSPS) is 11.9. The van der Waals surface area contributed by atoms with E-state index >= 15 is 0 Å². The van der Waals surface area contributed by atoms with E-state index in [0.717, 1.165) is 0 Å². The van der Waals surface area contributed by atoms with Crippen LogP contribution in [0.5, 0.6) is 0 Å². The molecule has 0 saturated carbocycles. The van der Waals surface area contributed by atoms with Gasteiger partial charge in [0.25, 0.3) is 0 Å². The van der Waals surface area contributed by atoms with Crippen LogP contribution < -0.4 is 5.32 Å². The van der Waals surface area contributed by atoms with Crippen LogP contribution in [0.15, 0.2) is 48.5 Å². The van der Waals surface area contributed by atoms with Crippen molar-refractivity contribution in [1.82, 2.24) is 0 Å². The lowest BCUT2D eigenvalue weighted by Crippen LogP contribution is -2.12. The van der Waals surface area contributed by atoms with Crippen molar-refractivity contribution in [2.75, 3.05) is 11.9 Å². The summed E-state index contributed by atoms with van der Waals surface area (Å²) in [6.45, 7) is 2.73. The lowest BCUT2D eigenvalue weighted by Gasteiger charge is -2.15. The summed E-state index contributed by atoms with van der Waals surface area (Å²) in [5.74, 6) is -0.687. The van der Waals surface area contributed by atoms with E-state index in [2.05, 4.69) is 24.4 Å². The fraction of sp³-hybridized carbons (Fsp3) is 0.188. The largest absolute Gasteiger partial charge is 0.478 e. The minimum atomic E-state index is -0.962. The summed E-state index contributed by atoms with van der Waals surface area (Å²) in [6, 6.07) is 14.8. The van der Waals surface area contributed by atoms with Gasteiger partial charge in [-0.2, -0.15) is 0 Å². The average molecular weight is 290 g/mol. The number of hydrogen-bond donors (Lipinski definition) is 2. The van der Waals surface area contributed by atoms with Gasteiger partial charge in [-0.05, 0) is 29.7 Å². The first-order valence-electron chi connectivity index (χ1n) is 6.39. The Balaban J connectivity index is 2.11. The molecule has 0 bridgehead atoms. The summed E-state index contributed by atoms with van der Waals surface area (Å²) in [6.07, 6.45) is 0. The number of carboxylic acid groups (broad SMARTS) is 1. The number of halogens is 1. The molecule has 2 N–H and O–H groups in total. The first-order chi connectivity index (χ1) is 9.58. The molecule has 3 nitrogen and oxygen atoms in total. The monoisotopic (exact) mass is 289 g/mol. The number of benzene rings is 2. The highest BCUT2D eigenvalue weighted by Gasteiger charge is 2.12. The van der Waals surface area contributed by atoms with E-state index in [1.807, 2.05) is 18.2 Å². The Hall–Kier alpha value is -2.00. The Kier molecular flexibility index (Phi) is 4.64. The van der Waals surface area contributed by atoms with E-state index in [1.54, 1.807) is 12.1 Å². The first kappa shape index (κ1) is 14.4. The van der Waals surface area contributed by atoms with E-state index in [1.165, 1.54) is 11.6 Å². The summed E-state index contributed by atoms with van der Waals surface area (Å²) in [7, 11) is 0. The summed E-state index contributed by atoms with van der Waals surface area (Å²) in [5, 5.41) is 12.8. The number of carbonyl (C=O) groups is 1. The summed E-state index contributed by atoms with van der Waals surface area (Å²) >= 11 is 5.92. The fourth-order valence-corrected chi connectivity index (χ4v) is 2.18. The lowest BCUT2D eigenvalue weighted by molar-refractivity contribution is 0.0698. The van der Waals surface area contributed by atoms with E-state index in [4.69, 9.17) is 16.7 Å². The van der Waals surface area contributed by atoms with Crippen LogP contribution in [0.4, 0.5) is 5.69 Å². The second-order valence-corrected chi connectivity index (χ2v) is 5.12. The van der Waals surface area contributed by atoms with Crippen LogP contribution in [-0.2, 0) is 0 Å². The van der Waals surface area contributed by atoms with Crippen LogP contribution in [0.3, 0.4) is 0 Å². The molecule has 0 aliphatic rings. The first-order valence-corrected chi connectivity index (χ1v) is 6.77. The van der Waals surface area contributed by atoms with Crippen LogP contribution in [0.25, 0.3) is 0 Å². The maximum absolute atomic E-state index is 11.2. The Morgan fingerprint density at radius 3 is 2.60 bits per heavy atom. The van der Waals surface area contributed by atoms with Gasteiger partial charge in [-0.3, -0.25) is 0 Å². The number of nitrogens with one attached hydrogen (secondary N) is 1. The standard InChI is InChI=1S/C16H16ClNO2/c1-11(12-5-3-2-4-6-12)10-18-15-9-13(17)7-8-14(15)16(19)20/h2-9,11,18H,10H2,1H3,(H,19,20). The van der Waals surface area contributed by atoms with Crippen molar-refractivity contribution < 1.29 is 9.90 Å². The van der Waals surface area contributed by atoms with Gasteiger partial charge in [-0.25, -0.2) is 4.79 Å². The van der Waals surface area contributed by atoms with Gasteiger partial charge in [0.1, 0.15) is 0 Å². The van der Waals surface area contributed by atoms with Crippen LogP contribution in [0, 0.1) is 0 Å². The highest BCUT2D eigenvalue weighted by atomic mass is 35.5. The van der Waals surface area contributed by atoms with Gasteiger partial charge >= 0.3 is 5.97 Å². The predicted octanol–water partition coefficient (Wildman–Crippen LogP) is 4.25. The highest BCUT2D eigenvalue weighted by Crippen LogP contribution is 2.23. The zero-order valence-electron chi connectivity index (χ0n) is 11.1. The van der Waals surface area contributed by atoms with Crippen LogP contribution >= 0.6 is 11.6 Å². The van der Waals surface area contributed by atoms with E-state index < -0.39 is 5.97 Å². The van der Waals surface area contributed by atoms with Gasteiger partial charge in [0.2, 0.25) is 0 Å². The highest BCUT2D eigenvalue weighted by molar-refractivity contribution is 6.31. The number of carboxylic acids is 1. The number of aromatic carboxylic acids is 1. The van der Waals surface area contributed by atoms with Gasteiger partial charge in [-0.15, -0.1) is 0 Å². The molecule has 0 spiro atoms. The summed E-state index contributed by atoms with van der Waals surface area (Å²) in [4.78, 5) is 11.2. The number of anilines is 1. The molecular weight excluding hydrogens is 274 g/mol. The number of hydrogen-bond acceptors (Lipinski definition) is 2. The zero-order chi connectivity index (χ0) is 14.5. The fourth-order valence-electron chi connectivity index (χ4n) is 2.01. The second kappa shape index (κ2) is 6.44. The van der Waals surface area contributed by atoms with Crippen molar-refractivity contribution in [2.45, 2.75) is 12.8 Å². The van der Waals surface area contributed by atoms with Gasteiger partial charge in [0.15, 0.2) is 0 Å². The predicted molar refractivity (Wildman–Crippen MR) is 81.8 cm³/mol. The third kappa shape index (κ3) is 3.52. The summed E-state index contributed by atoms with van der Waals surface area (Å²) < 4.78 is 0. The third-order valence-corrected chi connectivity index (χ3v) is 3.41. The topological polar surface area (TPSA) is 49.3 Å². The minimum Gasteiger partial charge on any atom is -0.478 e. The van der Waals surface area contributed by atoms with E-state index in [0.29, 0.717) is 17.3 Å². The SMILES string of the molecule is CC(CNc1cc(Cl)ccc1C(=O)O)c1ccccc1. The molecule has 2 aromatic carbocycles. The average Bonchev–Trinajstić information content (AvgIpc) is 2.45. The molecule has 0 amide bonds. The molecule has 0 heterocycles. The zero-order valence-corrected chi connectivity index (χ0v) is 11.9. The molecule has 0 saturated heterocycles. The van der Waals surface area contributed by atoms with E-state index in [-0.39, 0.29) is 11.5 Å². The quantitative estimate of drug-likeness (QED) is 0.865. The Morgan fingerprint density at radius 1 is 1.25 bits per heavy atom.